The van der Waals surface area contributed by atoms with E-state index in [0.29, 0.717) is 37.2 Å². The van der Waals surface area contributed by atoms with Crippen LogP contribution in [0.4, 0.5) is 10.2 Å². The molecule has 0 aliphatic carbocycles. The quantitative estimate of drug-likeness (QED) is 0.869. The average Bonchev–Trinajstić information content (AvgIpc) is 3.02. The molecule has 1 unspecified atom stereocenters. The molecule has 112 valence electrons. The molecular weight excluding hydrogens is 275 g/mol. The van der Waals surface area contributed by atoms with Crippen LogP contribution in [0.2, 0.25) is 0 Å². The minimum atomic E-state index is -1.14. The molecule has 2 aromatic rings. The zero-order valence-corrected chi connectivity index (χ0v) is 11.8. The van der Waals surface area contributed by atoms with E-state index in [9.17, 15) is 9.50 Å². The summed E-state index contributed by atoms with van der Waals surface area (Å²) >= 11 is 0. The lowest BCUT2D eigenvalue weighted by molar-refractivity contribution is 0.0173. The second-order valence-corrected chi connectivity index (χ2v) is 5.22. The molecule has 2 N–H and O–H groups in total. The molecule has 0 amide bonds. The Bertz CT molecular complexity index is 619. The number of nitrogens with one attached hydrogen (secondary N) is 1. The Balaban J connectivity index is 1.90. The second-order valence-electron chi connectivity index (χ2n) is 5.22. The van der Waals surface area contributed by atoms with Crippen LogP contribution in [-0.4, -0.2) is 43.6 Å². The van der Waals surface area contributed by atoms with Crippen LogP contribution in [0.3, 0.4) is 0 Å². The van der Waals surface area contributed by atoms with E-state index in [2.05, 4.69) is 25.4 Å². The number of rotatable bonds is 3. The SMILES string of the molecule is CCc1ncnc(N2CCCC(O)(c3cn[nH]n3)C2)c1F. The fourth-order valence-electron chi connectivity index (χ4n) is 2.71. The van der Waals surface area contributed by atoms with Crippen molar-refractivity contribution in [2.45, 2.75) is 31.8 Å². The van der Waals surface area contributed by atoms with Gasteiger partial charge in [0.05, 0.1) is 18.4 Å². The van der Waals surface area contributed by atoms with Crippen molar-refractivity contribution in [3.05, 3.63) is 29.7 Å². The number of β-amino-alcohol motifs (C(OH)–C–C–N with tert-alkyl or cyclic N) is 1. The Morgan fingerprint density at radius 2 is 2.33 bits per heavy atom. The summed E-state index contributed by atoms with van der Waals surface area (Å²) < 4.78 is 14.4. The van der Waals surface area contributed by atoms with Gasteiger partial charge >= 0.3 is 0 Å². The van der Waals surface area contributed by atoms with Gasteiger partial charge in [-0.1, -0.05) is 6.92 Å². The molecule has 1 fully saturated rings. The van der Waals surface area contributed by atoms with E-state index < -0.39 is 11.4 Å². The monoisotopic (exact) mass is 292 g/mol. The molecule has 3 heterocycles. The van der Waals surface area contributed by atoms with Gasteiger partial charge < -0.3 is 10.0 Å². The lowest BCUT2D eigenvalue weighted by atomic mass is 9.90. The lowest BCUT2D eigenvalue weighted by Gasteiger charge is -2.38. The first kappa shape index (κ1) is 13.9. The summed E-state index contributed by atoms with van der Waals surface area (Å²) in [7, 11) is 0. The molecule has 1 atom stereocenters. The van der Waals surface area contributed by atoms with Gasteiger partial charge in [-0.25, -0.2) is 14.4 Å². The summed E-state index contributed by atoms with van der Waals surface area (Å²) in [6.45, 7) is 2.71. The third-order valence-electron chi connectivity index (χ3n) is 3.84. The van der Waals surface area contributed by atoms with E-state index in [0.717, 1.165) is 0 Å². The van der Waals surface area contributed by atoms with Crippen LogP contribution in [0.1, 0.15) is 31.2 Å². The van der Waals surface area contributed by atoms with Crippen LogP contribution >= 0.6 is 0 Å². The topological polar surface area (TPSA) is 90.8 Å². The number of aromatic amines is 1. The van der Waals surface area contributed by atoms with Gasteiger partial charge in [-0.2, -0.15) is 15.4 Å². The first-order valence-electron chi connectivity index (χ1n) is 6.97. The van der Waals surface area contributed by atoms with Gasteiger partial charge in [-0.05, 0) is 19.3 Å². The van der Waals surface area contributed by atoms with Crippen molar-refractivity contribution in [1.29, 1.82) is 0 Å². The van der Waals surface area contributed by atoms with Gasteiger partial charge in [0.2, 0.25) is 0 Å². The maximum Gasteiger partial charge on any atom is 0.187 e. The molecule has 0 spiro atoms. The molecule has 21 heavy (non-hydrogen) atoms. The van der Waals surface area contributed by atoms with E-state index >= 15 is 0 Å². The molecule has 2 aromatic heterocycles. The number of halogens is 1. The average molecular weight is 292 g/mol. The molecule has 0 saturated carbocycles. The number of hydrogen-bond acceptors (Lipinski definition) is 6. The summed E-state index contributed by atoms with van der Waals surface area (Å²) in [5, 5.41) is 20.9. The number of nitrogens with zero attached hydrogens (tertiary/aromatic N) is 5. The van der Waals surface area contributed by atoms with E-state index in [1.807, 2.05) is 6.92 Å². The summed E-state index contributed by atoms with van der Waals surface area (Å²) in [6, 6.07) is 0. The molecule has 7 nitrogen and oxygen atoms in total. The Hall–Kier alpha value is -2.09. The van der Waals surface area contributed by atoms with Crippen molar-refractivity contribution in [2.24, 2.45) is 0 Å². The largest absolute Gasteiger partial charge is 0.382 e. The number of aryl methyl sites for hydroxylation is 1. The van der Waals surface area contributed by atoms with Crippen LogP contribution in [0.15, 0.2) is 12.5 Å². The van der Waals surface area contributed by atoms with Crippen molar-refractivity contribution in [2.75, 3.05) is 18.0 Å². The highest BCUT2D eigenvalue weighted by Crippen LogP contribution is 2.32. The van der Waals surface area contributed by atoms with Gasteiger partial charge in [0.15, 0.2) is 11.6 Å². The van der Waals surface area contributed by atoms with Crippen LogP contribution in [0.25, 0.3) is 0 Å². The molecule has 0 bridgehead atoms. The number of aromatic nitrogens is 5. The van der Waals surface area contributed by atoms with Crippen LogP contribution < -0.4 is 4.90 Å². The number of aliphatic hydroxyl groups is 1. The van der Waals surface area contributed by atoms with Crippen molar-refractivity contribution in [3.8, 4) is 0 Å². The van der Waals surface area contributed by atoms with Crippen molar-refractivity contribution in [1.82, 2.24) is 25.4 Å². The molecule has 3 rings (SSSR count). The number of piperidine rings is 1. The molecule has 1 saturated heterocycles. The zero-order chi connectivity index (χ0) is 14.9. The molecular formula is C13H17FN6O. The molecule has 0 radical (unpaired) electrons. The van der Waals surface area contributed by atoms with Crippen molar-refractivity contribution < 1.29 is 9.50 Å². The fraction of sp³-hybridized carbons (Fsp3) is 0.538. The summed E-state index contributed by atoms with van der Waals surface area (Å²) in [5.74, 6) is -0.173. The van der Waals surface area contributed by atoms with Crippen molar-refractivity contribution in [3.63, 3.8) is 0 Å². The van der Waals surface area contributed by atoms with Crippen molar-refractivity contribution >= 4 is 5.82 Å². The Morgan fingerprint density at radius 3 is 3.05 bits per heavy atom. The minimum Gasteiger partial charge on any atom is -0.382 e. The van der Waals surface area contributed by atoms with Gasteiger partial charge in [0.1, 0.15) is 17.6 Å². The predicted molar refractivity (Wildman–Crippen MR) is 73.1 cm³/mol. The highest BCUT2D eigenvalue weighted by Gasteiger charge is 2.38. The lowest BCUT2D eigenvalue weighted by Crippen LogP contribution is -2.47. The maximum absolute atomic E-state index is 14.4. The Morgan fingerprint density at radius 1 is 1.48 bits per heavy atom. The highest BCUT2D eigenvalue weighted by atomic mass is 19.1. The summed E-state index contributed by atoms with van der Waals surface area (Å²) in [5.41, 5.74) is -0.289. The Labute approximate surface area is 121 Å². The van der Waals surface area contributed by atoms with Gasteiger partial charge in [-0.3, -0.25) is 0 Å². The summed E-state index contributed by atoms with van der Waals surface area (Å²) in [6.07, 6.45) is 4.64. The van der Waals surface area contributed by atoms with Gasteiger partial charge in [0.25, 0.3) is 0 Å². The van der Waals surface area contributed by atoms with Gasteiger partial charge in [-0.15, -0.1) is 0 Å². The number of H-pyrrole nitrogens is 1. The highest BCUT2D eigenvalue weighted by molar-refractivity contribution is 5.42. The molecule has 1 aliphatic heterocycles. The molecule has 8 heteroatoms. The first-order valence-corrected chi connectivity index (χ1v) is 6.97. The minimum absolute atomic E-state index is 0.233. The third-order valence-corrected chi connectivity index (χ3v) is 3.84. The maximum atomic E-state index is 14.4. The van der Waals surface area contributed by atoms with E-state index in [-0.39, 0.29) is 12.4 Å². The smallest absolute Gasteiger partial charge is 0.187 e. The number of anilines is 1. The van der Waals surface area contributed by atoms with E-state index in [1.165, 1.54) is 12.5 Å². The number of hydrogen-bond donors (Lipinski definition) is 2. The first-order chi connectivity index (χ1) is 10.1. The standard InChI is InChI=1S/C13H17FN6O/c1-2-9-11(14)12(16-8-15-9)20-5-3-4-13(21,7-20)10-6-17-19-18-10/h6,8,21H,2-5,7H2,1H3,(H,17,18,19). The van der Waals surface area contributed by atoms with E-state index in [4.69, 9.17) is 0 Å². The van der Waals surface area contributed by atoms with Gasteiger partial charge in [0, 0.05) is 6.54 Å². The van der Waals surface area contributed by atoms with E-state index in [1.54, 1.807) is 4.90 Å². The predicted octanol–water partition coefficient (Wildman–Crippen LogP) is 0.784. The fourth-order valence-corrected chi connectivity index (χ4v) is 2.71. The van der Waals surface area contributed by atoms with Crippen LogP contribution in [0.5, 0.6) is 0 Å². The van der Waals surface area contributed by atoms with Crippen LogP contribution in [-0.2, 0) is 12.0 Å². The van der Waals surface area contributed by atoms with Crippen LogP contribution in [0, 0.1) is 5.82 Å². The summed E-state index contributed by atoms with van der Waals surface area (Å²) in [4.78, 5) is 9.72. The third kappa shape index (κ3) is 2.46. The zero-order valence-electron chi connectivity index (χ0n) is 11.8. The molecule has 0 aromatic carbocycles. The second kappa shape index (κ2) is 5.36. The normalized spacial score (nSPS) is 22.5. The molecule has 1 aliphatic rings. The Kier molecular flexibility index (Phi) is 3.54.